The van der Waals surface area contributed by atoms with E-state index in [0.717, 1.165) is 36.3 Å². The first kappa shape index (κ1) is 20.0. The van der Waals surface area contributed by atoms with Crippen LogP contribution in [0.15, 0.2) is 36.5 Å². The number of carbonyl (C=O) groups is 1. The molecule has 3 rings (SSSR count). The third-order valence-corrected chi connectivity index (χ3v) is 5.36. The summed E-state index contributed by atoms with van der Waals surface area (Å²) >= 11 is 0. The van der Waals surface area contributed by atoms with E-state index < -0.39 is 0 Å². The second-order valence-electron chi connectivity index (χ2n) is 7.27. The van der Waals surface area contributed by atoms with Crippen LogP contribution in [0.3, 0.4) is 0 Å². The predicted molar refractivity (Wildman–Crippen MR) is 110 cm³/mol. The number of benzene rings is 1. The molecule has 6 nitrogen and oxygen atoms in total. The SMILES string of the molecule is COc1cc(C)c(C(C)NC(=O)C2CCCN(c3ccccn3)C2)cc1OC. The van der Waals surface area contributed by atoms with Crippen LogP contribution in [0, 0.1) is 12.8 Å². The van der Waals surface area contributed by atoms with Crippen LogP contribution >= 0.6 is 0 Å². The van der Waals surface area contributed by atoms with Crippen LogP contribution in [0.25, 0.3) is 0 Å². The summed E-state index contributed by atoms with van der Waals surface area (Å²) in [5, 5.41) is 3.19. The van der Waals surface area contributed by atoms with Crippen molar-refractivity contribution >= 4 is 11.7 Å². The molecule has 2 atom stereocenters. The fourth-order valence-corrected chi connectivity index (χ4v) is 3.81. The third-order valence-electron chi connectivity index (χ3n) is 5.36. The van der Waals surface area contributed by atoms with Crippen LogP contribution < -0.4 is 19.7 Å². The minimum absolute atomic E-state index is 0.0429. The topological polar surface area (TPSA) is 63.7 Å². The van der Waals surface area contributed by atoms with Crippen LogP contribution in [-0.2, 0) is 4.79 Å². The van der Waals surface area contributed by atoms with Crippen molar-refractivity contribution < 1.29 is 14.3 Å². The molecule has 2 unspecified atom stereocenters. The molecule has 2 heterocycles. The number of aromatic nitrogens is 1. The number of ether oxygens (including phenoxy) is 2. The molecule has 0 spiro atoms. The first-order valence-electron chi connectivity index (χ1n) is 9.72. The number of methoxy groups -OCH3 is 2. The van der Waals surface area contributed by atoms with Gasteiger partial charge < -0.3 is 19.7 Å². The van der Waals surface area contributed by atoms with Gasteiger partial charge in [0, 0.05) is 19.3 Å². The highest BCUT2D eigenvalue weighted by Gasteiger charge is 2.28. The Hall–Kier alpha value is -2.76. The normalized spacial score (nSPS) is 17.7. The maximum absolute atomic E-state index is 12.9. The number of rotatable bonds is 6. The van der Waals surface area contributed by atoms with E-state index in [2.05, 4.69) is 15.2 Å². The third kappa shape index (κ3) is 4.38. The zero-order valence-corrected chi connectivity index (χ0v) is 17.1. The van der Waals surface area contributed by atoms with Crippen molar-refractivity contribution in [2.24, 2.45) is 5.92 Å². The van der Waals surface area contributed by atoms with Gasteiger partial charge in [0.25, 0.3) is 0 Å². The second kappa shape index (κ2) is 8.95. The van der Waals surface area contributed by atoms with Gasteiger partial charge in [-0.15, -0.1) is 0 Å². The molecule has 1 aromatic carbocycles. The van der Waals surface area contributed by atoms with Gasteiger partial charge >= 0.3 is 0 Å². The molecule has 150 valence electrons. The Bertz CT molecular complexity index is 810. The molecule has 1 aliphatic heterocycles. The van der Waals surface area contributed by atoms with Crippen molar-refractivity contribution in [3.05, 3.63) is 47.7 Å². The van der Waals surface area contributed by atoms with Gasteiger partial charge in [0.05, 0.1) is 26.2 Å². The van der Waals surface area contributed by atoms with Crippen molar-refractivity contribution in [1.82, 2.24) is 10.3 Å². The minimum atomic E-state index is -0.113. The van der Waals surface area contributed by atoms with Gasteiger partial charge in [-0.1, -0.05) is 6.07 Å². The summed E-state index contributed by atoms with van der Waals surface area (Å²) in [6.07, 6.45) is 3.67. The summed E-state index contributed by atoms with van der Waals surface area (Å²) in [6.45, 7) is 5.65. The molecule has 0 aliphatic carbocycles. The van der Waals surface area contributed by atoms with Gasteiger partial charge in [0.1, 0.15) is 5.82 Å². The summed E-state index contributed by atoms with van der Waals surface area (Å²) in [7, 11) is 3.24. The molecule has 0 saturated carbocycles. The average molecular weight is 383 g/mol. The molecule has 6 heteroatoms. The van der Waals surface area contributed by atoms with E-state index in [0.29, 0.717) is 18.0 Å². The van der Waals surface area contributed by atoms with Crippen LogP contribution in [0.4, 0.5) is 5.82 Å². The van der Waals surface area contributed by atoms with Crippen molar-refractivity contribution in [2.75, 3.05) is 32.2 Å². The van der Waals surface area contributed by atoms with E-state index in [1.54, 1.807) is 20.4 Å². The molecule has 1 fully saturated rings. The smallest absolute Gasteiger partial charge is 0.225 e. The van der Waals surface area contributed by atoms with Crippen LogP contribution in [0.5, 0.6) is 11.5 Å². The molecule has 2 aromatic rings. The van der Waals surface area contributed by atoms with E-state index in [-0.39, 0.29) is 17.9 Å². The molecular formula is C22H29N3O3. The molecule has 0 radical (unpaired) electrons. The fraction of sp³-hybridized carbons (Fsp3) is 0.455. The highest BCUT2D eigenvalue weighted by Crippen LogP contribution is 2.33. The lowest BCUT2D eigenvalue weighted by Gasteiger charge is -2.33. The highest BCUT2D eigenvalue weighted by molar-refractivity contribution is 5.80. The van der Waals surface area contributed by atoms with E-state index in [1.165, 1.54) is 0 Å². The molecule has 1 amide bonds. The largest absolute Gasteiger partial charge is 0.493 e. The number of carbonyl (C=O) groups excluding carboxylic acids is 1. The van der Waals surface area contributed by atoms with Gasteiger partial charge in [-0.3, -0.25) is 4.79 Å². The second-order valence-corrected chi connectivity index (χ2v) is 7.27. The summed E-state index contributed by atoms with van der Waals surface area (Å²) in [4.78, 5) is 19.5. The lowest BCUT2D eigenvalue weighted by Crippen LogP contribution is -2.44. The maximum atomic E-state index is 12.9. The number of pyridine rings is 1. The average Bonchev–Trinajstić information content (AvgIpc) is 2.74. The monoisotopic (exact) mass is 383 g/mol. The molecular weight excluding hydrogens is 354 g/mol. The molecule has 1 N–H and O–H groups in total. The van der Waals surface area contributed by atoms with Gasteiger partial charge in [-0.25, -0.2) is 4.98 Å². The quantitative estimate of drug-likeness (QED) is 0.827. The molecule has 1 saturated heterocycles. The number of anilines is 1. The van der Waals surface area contributed by atoms with E-state index in [4.69, 9.17) is 9.47 Å². The number of hydrogen-bond donors (Lipinski definition) is 1. The summed E-state index contributed by atoms with van der Waals surface area (Å²) in [6, 6.07) is 9.66. The lowest BCUT2D eigenvalue weighted by atomic mass is 9.95. The number of hydrogen-bond acceptors (Lipinski definition) is 5. The van der Waals surface area contributed by atoms with Crippen molar-refractivity contribution in [3.63, 3.8) is 0 Å². The predicted octanol–water partition coefficient (Wildman–Crippen LogP) is 3.50. The number of nitrogens with zero attached hydrogens (tertiary/aromatic N) is 2. The lowest BCUT2D eigenvalue weighted by molar-refractivity contribution is -0.125. The first-order chi connectivity index (χ1) is 13.5. The minimum Gasteiger partial charge on any atom is -0.493 e. The Labute approximate surface area is 166 Å². The van der Waals surface area contributed by atoms with Crippen molar-refractivity contribution in [2.45, 2.75) is 32.7 Å². The molecule has 1 aliphatic rings. The van der Waals surface area contributed by atoms with E-state index in [9.17, 15) is 4.79 Å². The Kier molecular flexibility index (Phi) is 6.39. The van der Waals surface area contributed by atoms with Crippen LogP contribution in [0.1, 0.15) is 36.9 Å². The van der Waals surface area contributed by atoms with Crippen molar-refractivity contribution in [1.29, 1.82) is 0 Å². The zero-order valence-electron chi connectivity index (χ0n) is 17.1. The summed E-state index contributed by atoms with van der Waals surface area (Å²) in [5.41, 5.74) is 2.09. The highest BCUT2D eigenvalue weighted by atomic mass is 16.5. The summed E-state index contributed by atoms with van der Waals surface area (Å²) in [5.74, 6) is 2.34. The molecule has 1 aromatic heterocycles. The Morgan fingerprint density at radius 1 is 1.25 bits per heavy atom. The Balaban J connectivity index is 1.69. The fourth-order valence-electron chi connectivity index (χ4n) is 3.81. The molecule has 0 bridgehead atoms. The number of nitrogens with one attached hydrogen (secondary N) is 1. The van der Waals surface area contributed by atoms with Crippen LogP contribution in [0.2, 0.25) is 0 Å². The standard InChI is InChI=1S/C22H29N3O3/c1-15-12-19(27-3)20(28-4)13-18(15)16(2)24-22(26)17-8-7-11-25(14-17)21-9-5-6-10-23-21/h5-6,9-10,12-13,16-17H,7-8,11,14H2,1-4H3,(H,24,26). The Morgan fingerprint density at radius 2 is 2.00 bits per heavy atom. The van der Waals surface area contributed by atoms with E-state index >= 15 is 0 Å². The van der Waals surface area contributed by atoms with Crippen molar-refractivity contribution in [3.8, 4) is 11.5 Å². The summed E-state index contributed by atoms with van der Waals surface area (Å²) < 4.78 is 10.8. The van der Waals surface area contributed by atoms with Gasteiger partial charge in [-0.05, 0) is 62.1 Å². The van der Waals surface area contributed by atoms with Gasteiger partial charge in [-0.2, -0.15) is 0 Å². The maximum Gasteiger partial charge on any atom is 0.225 e. The number of amides is 1. The number of piperidine rings is 1. The molecule has 28 heavy (non-hydrogen) atoms. The first-order valence-corrected chi connectivity index (χ1v) is 9.72. The van der Waals surface area contributed by atoms with Gasteiger partial charge in [0.15, 0.2) is 11.5 Å². The van der Waals surface area contributed by atoms with Gasteiger partial charge in [0.2, 0.25) is 5.91 Å². The number of aryl methyl sites for hydroxylation is 1. The Morgan fingerprint density at radius 3 is 2.68 bits per heavy atom. The zero-order chi connectivity index (χ0) is 20.1. The van der Waals surface area contributed by atoms with Crippen LogP contribution in [-0.4, -0.2) is 38.2 Å². The van der Waals surface area contributed by atoms with E-state index in [1.807, 2.05) is 44.2 Å².